The highest BCUT2D eigenvalue weighted by Crippen LogP contribution is 2.46. The Labute approximate surface area is 121 Å². The van der Waals surface area contributed by atoms with Gasteiger partial charge in [-0.1, -0.05) is 25.1 Å². The number of aryl methyl sites for hydroxylation is 1. The molecule has 0 amide bonds. The van der Waals surface area contributed by atoms with Gasteiger partial charge in [0.05, 0.1) is 5.54 Å². The molecule has 1 aromatic carbocycles. The molecule has 2 aromatic rings. The van der Waals surface area contributed by atoms with E-state index in [2.05, 4.69) is 54.6 Å². The van der Waals surface area contributed by atoms with E-state index in [0.717, 1.165) is 5.92 Å². The molecule has 2 aliphatic rings. The number of rotatable bonds is 0. The van der Waals surface area contributed by atoms with E-state index in [1.807, 2.05) is 0 Å². The maximum Gasteiger partial charge on any atom is 0.0588 e. The molecule has 0 aliphatic carbocycles. The van der Waals surface area contributed by atoms with Gasteiger partial charge in [-0.15, -0.1) is 0 Å². The van der Waals surface area contributed by atoms with Crippen molar-refractivity contribution in [3.8, 4) is 0 Å². The van der Waals surface area contributed by atoms with Gasteiger partial charge < -0.3 is 4.57 Å². The molecule has 1 fully saturated rings. The van der Waals surface area contributed by atoms with Crippen LogP contribution in [0.4, 0.5) is 0 Å². The van der Waals surface area contributed by atoms with Crippen molar-refractivity contribution >= 4 is 10.9 Å². The summed E-state index contributed by atoms with van der Waals surface area (Å²) in [6.07, 6.45) is 3.86. The molecule has 20 heavy (non-hydrogen) atoms. The van der Waals surface area contributed by atoms with Crippen LogP contribution in [0.25, 0.3) is 10.9 Å². The summed E-state index contributed by atoms with van der Waals surface area (Å²) in [4.78, 5) is 2.74. The van der Waals surface area contributed by atoms with E-state index in [9.17, 15) is 0 Å². The average molecular weight is 268 g/mol. The Kier molecular flexibility index (Phi) is 2.56. The van der Waals surface area contributed by atoms with Crippen LogP contribution in [-0.4, -0.2) is 22.6 Å². The predicted octanol–water partition coefficient (Wildman–Crippen LogP) is 3.68. The molecule has 106 valence electrons. The molecule has 3 heterocycles. The van der Waals surface area contributed by atoms with E-state index in [4.69, 9.17) is 0 Å². The summed E-state index contributed by atoms with van der Waals surface area (Å²) in [5.74, 6) is 0.847. The van der Waals surface area contributed by atoms with Crippen LogP contribution in [0, 0.1) is 5.92 Å². The molecule has 0 N–H and O–H groups in total. The van der Waals surface area contributed by atoms with Crippen molar-refractivity contribution in [3.63, 3.8) is 0 Å². The standard InChI is InChI=1S/C18H24N2/c1-13-8-10-18(2)17-15(9-11-20(18)12-13)14-6-4-5-7-16(14)19(17)3/h4-7,13H,8-12H2,1-3H3. The quantitative estimate of drug-likeness (QED) is 0.707. The largest absolute Gasteiger partial charge is 0.346 e. The molecule has 4 rings (SSSR count). The van der Waals surface area contributed by atoms with Crippen LogP contribution in [0.2, 0.25) is 0 Å². The van der Waals surface area contributed by atoms with Crippen LogP contribution in [0.1, 0.15) is 37.9 Å². The first-order valence-corrected chi connectivity index (χ1v) is 7.93. The first-order chi connectivity index (χ1) is 9.61. The van der Waals surface area contributed by atoms with Gasteiger partial charge in [0.15, 0.2) is 0 Å². The highest BCUT2D eigenvalue weighted by atomic mass is 15.2. The van der Waals surface area contributed by atoms with Crippen LogP contribution in [0.15, 0.2) is 24.3 Å². The molecule has 0 spiro atoms. The second-order valence-corrected chi connectivity index (χ2v) is 7.02. The molecule has 2 nitrogen and oxygen atoms in total. The molecule has 2 aliphatic heterocycles. The lowest BCUT2D eigenvalue weighted by molar-refractivity contribution is 0.0199. The highest BCUT2D eigenvalue weighted by Gasteiger charge is 2.44. The second-order valence-electron chi connectivity index (χ2n) is 7.02. The minimum Gasteiger partial charge on any atom is -0.346 e. The van der Waals surface area contributed by atoms with E-state index >= 15 is 0 Å². The van der Waals surface area contributed by atoms with Gasteiger partial charge in [0, 0.05) is 36.7 Å². The Hall–Kier alpha value is -1.28. The van der Waals surface area contributed by atoms with Crippen molar-refractivity contribution in [1.29, 1.82) is 0 Å². The highest BCUT2D eigenvalue weighted by molar-refractivity contribution is 5.86. The summed E-state index contributed by atoms with van der Waals surface area (Å²) >= 11 is 0. The van der Waals surface area contributed by atoms with Gasteiger partial charge in [-0.05, 0) is 43.7 Å². The van der Waals surface area contributed by atoms with E-state index < -0.39 is 0 Å². The molecule has 0 saturated carbocycles. The number of fused-ring (bicyclic) bond motifs is 5. The average Bonchev–Trinajstić information content (AvgIpc) is 2.75. The van der Waals surface area contributed by atoms with E-state index in [1.54, 1.807) is 11.3 Å². The minimum atomic E-state index is 0.244. The minimum absolute atomic E-state index is 0.244. The van der Waals surface area contributed by atoms with Crippen molar-refractivity contribution < 1.29 is 0 Å². The van der Waals surface area contributed by atoms with Crippen LogP contribution < -0.4 is 0 Å². The van der Waals surface area contributed by atoms with Crippen molar-refractivity contribution in [2.24, 2.45) is 13.0 Å². The number of hydrogen-bond donors (Lipinski definition) is 0. The molecule has 0 bridgehead atoms. The molecular weight excluding hydrogens is 244 g/mol. The summed E-state index contributed by atoms with van der Waals surface area (Å²) in [5.41, 5.74) is 4.83. The van der Waals surface area contributed by atoms with E-state index in [-0.39, 0.29) is 5.54 Å². The lowest BCUT2D eigenvalue weighted by Crippen LogP contribution is -2.53. The fraction of sp³-hybridized carbons (Fsp3) is 0.556. The Bertz CT molecular complexity index is 669. The molecular formula is C18H24N2. The van der Waals surface area contributed by atoms with Crippen molar-refractivity contribution in [2.45, 2.75) is 38.6 Å². The Balaban J connectivity index is 1.96. The van der Waals surface area contributed by atoms with Crippen molar-refractivity contribution in [3.05, 3.63) is 35.5 Å². The number of aromatic nitrogens is 1. The molecule has 1 saturated heterocycles. The summed E-state index contributed by atoms with van der Waals surface area (Å²) in [5, 5.41) is 1.48. The van der Waals surface area contributed by atoms with Gasteiger partial charge in [0.2, 0.25) is 0 Å². The summed E-state index contributed by atoms with van der Waals surface area (Å²) in [6, 6.07) is 8.92. The SMILES string of the molecule is CC1CCC2(C)c3c(c4ccccc4n3C)CCN2C1. The van der Waals surface area contributed by atoms with E-state index in [1.165, 1.54) is 43.3 Å². The van der Waals surface area contributed by atoms with Gasteiger partial charge in [0.1, 0.15) is 0 Å². The molecule has 2 atom stereocenters. The van der Waals surface area contributed by atoms with Crippen LogP contribution in [-0.2, 0) is 19.0 Å². The topological polar surface area (TPSA) is 8.17 Å². The zero-order valence-corrected chi connectivity index (χ0v) is 12.8. The van der Waals surface area contributed by atoms with E-state index in [0.29, 0.717) is 0 Å². The Morgan fingerprint density at radius 1 is 1.25 bits per heavy atom. The molecule has 1 aromatic heterocycles. The van der Waals surface area contributed by atoms with Gasteiger partial charge in [-0.3, -0.25) is 4.90 Å². The van der Waals surface area contributed by atoms with Crippen LogP contribution >= 0.6 is 0 Å². The molecule has 2 heteroatoms. The number of piperidine rings is 1. The monoisotopic (exact) mass is 268 g/mol. The van der Waals surface area contributed by atoms with Crippen LogP contribution in [0.5, 0.6) is 0 Å². The third kappa shape index (κ3) is 1.49. The maximum absolute atomic E-state index is 2.74. The lowest BCUT2D eigenvalue weighted by atomic mass is 9.77. The van der Waals surface area contributed by atoms with Crippen LogP contribution in [0.3, 0.4) is 0 Å². The Morgan fingerprint density at radius 2 is 2.05 bits per heavy atom. The van der Waals surface area contributed by atoms with Gasteiger partial charge in [-0.2, -0.15) is 0 Å². The number of nitrogens with zero attached hydrogens (tertiary/aromatic N) is 2. The molecule has 2 unspecified atom stereocenters. The van der Waals surface area contributed by atoms with Gasteiger partial charge in [-0.25, -0.2) is 0 Å². The first-order valence-electron chi connectivity index (χ1n) is 7.93. The fourth-order valence-corrected chi connectivity index (χ4v) is 4.62. The zero-order chi connectivity index (χ0) is 13.9. The van der Waals surface area contributed by atoms with Gasteiger partial charge in [0.25, 0.3) is 0 Å². The van der Waals surface area contributed by atoms with Crippen molar-refractivity contribution in [1.82, 2.24) is 9.47 Å². The number of benzene rings is 1. The third-order valence-corrected chi connectivity index (χ3v) is 5.71. The summed E-state index contributed by atoms with van der Waals surface area (Å²) < 4.78 is 2.47. The number of para-hydroxylation sites is 1. The lowest BCUT2D eigenvalue weighted by Gasteiger charge is -2.50. The summed E-state index contributed by atoms with van der Waals surface area (Å²) in [6.45, 7) is 7.35. The van der Waals surface area contributed by atoms with Crippen molar-refractivity contribution in [2.75, 3.05) is 13.1 Å². The molecule has 0 radical (unpaired) electrons. The summed E-state index contributed by atoms with van der Waals surface area (Å²) in [7, 11) is 2.26. The Morgan fingerprint density at radius 3 is 2.90 bits per heavy atom. The second kappa shape index (κ2) is 4.11. The van der Waals surface area contributed by atoms with Gasteiger partial charge >= 0.3 is 0 Å². The fourth-order valence-electron chi connectivity index (χ4n) is 4.62. The number of hydrogen-bond acceptors (Lipinski definition) is 1. The predicted molar refractivity (Wildman–Crippen MR) is 83.9 cm³/mol. The normalized spacial score (nSPS) is 30.2. The first kappa shape index (κ1) is 12.5. The maximum atomic E-state index is 2.74. The smallest absolute Gasteiger partial charge is 0.0588 e. The third-order valence-electron chi connectivity index (χ3n) is 5.71. The zero-order valence-electron chi connectivity index (χ0n) is 12.8.